The van der Waals surface area contributed by atoms with Gasteiger partial charge in [-0.3, -0.25) is 0 Å². The molecule has 2 atom stereocenters. The second kappa shape index (κ2) is 15.8. The highest BCUT2D eigenvalue weighted by Gasteiger charge is 2.27. The molecular weight excluding hydrogens is 480 g/mol. The molecule has 2 aliphatic carbocycles. The van der Waals surface area contributed by atoms with Gasteiger partial charge in [0.25, 0.3) is 0 Å². The minimum Gasteiger partial charge on any atom is -0.102 e. The zero-order valence-electron chi connectivity index (χ0n) is 27.3. The summed E-state index contributed by atoms with van der Waals surface area (Å²) in [5.74, 6) is 20.4. The molecule has 0 nitrogen and oxygen atoms in total. The standard InChI is InChI=1S/C40H54/c1-31(19-13-21-33(3)25-27-37-35(5)23-15-29-39(37,7)8)17-11-12-18-32(2)20-14-22-34(4)26-28-38-36(6)24-16-30-40(38,9)10/h17,21,25-28,32,34H,15-16,18,20,23-24,29-30H2,1-10H3/b27-25+,28-26+,31-17+,33-21-. The van der Waals surface area contributed by atoms with Gasteiger partial charge in [0.05, 0.1) is 0 Å². The molecule has 40 heavy (non-hydrogen) atoms. The van der Waals surface area contributed by atoms with E-state index in [1.54, 1.807) is 5.57 Å². The van der Waals surface area contributed by atoms with Crippen LogP contribution in [0.1, 0.15) is 121 Å². The summed E-state index contributed by atoms with van der Waals surface area (Å²) in [4.78, 5) is 0. The summed E-state index contributed by atoms with van der Waals surface area (Å²) in [6.45, 7) is 22.6. The Bertz CT molecular complexity index is 1260. The molecule has 0 radical (unpaired) electrons. The van der Waals surface area contributed by atoms with Crippen LogP contribution in [-0.2, 0) is 0 Å². The zero-order valence-corrected chi connectivity index (χ0v) is 27.3. The van der Waals surface area contributed by atoms with Gasteiger partial charge in [-0.25, -0.2) is 0 Å². The Labute approximate surface area is 248 Å². The van der Waals surface area contributed by atoms with Gasteiger partial charge in [0.15, 0.2) is 0 Å². The third-order valence-electron chi connectivity index (χ3n) is 8.34. The Kier molecular flexibility index (Phi) is 13.2. The summed E-state index contributed by atoms with van der Waals surface area (Å²) in [7, 11) is 0. The lowest BCUT2D eigenvalue weighted by atomic mass is 9.72. The van der Waals surface area contributed by atoms with Crippen LogP contribution < -0.4 is 0 Å². The van der Waals surface area contributed by atoms with Crippen LogP contribution in [0.3, 0.4) is 0 Å². The fraction of sp³-hybridized carbons (Fsp3) is 0.550. The van der Waals surface area contributed by atoms with Crippen molar-refractivity contribution in [2.24, 2.45) is 22.7 Å². The zero-order chi connectivity index (χ0) is 29.8. The summed E-state index contributed by atoms with van der Waals surface area (Å²) < 4.78 is 0. The maximum Gasteiger partial charge on any atom is 0.0357 e. The van der Waals surface area contributed by atoms with Gasteiger partial charge in [-0.2, -0.15) is 0 Å². The van der Waals surface area contributed by atoms with Gasteiger partial charge in [0.1, 0.15) is 0 Å². The first-order valence-corrected chi connectivity index (χ1v) is 15.4. The Morgan fingerprint density at radius 2 is 1.38 bits per heavy atom. The van der Waals surface area contributed by atoms with E-state index in [0.717, 1.165) is 18.4 Å². The molecule has 0 fully saturated rings. The van der Waals surface area contributed by atoms with E-state index in [4.69, 9.17) is 0 Å². The van der Waals surface area contributed by atoms with Crippen molar-refractivity contribution in [1.82, 2.24) is 0 Å². The van der Waals surface area contributed by atoms with E-state index < -0.39 is 0 Å². The Morgan fingerprint density at radius 3 is 1.98 bits per heavy atom. The molecule has 214 valence electrons. The molecule has 2 aliphatic rings. The molecule has 0 N–H and O–H groups in total. The molecule has 0 aromatic carbocycles. The van der Waals surface area contributed by atoms with Crippen LogP contribution in [0.5, 0.6) is 0 Å². The molecule has 0 amide bonds. The average Bonchev–Trinajstić information content (AvgIpc) is 2.85. The van der Waals surface area contributed by atoms with Gasteiger partial charge >= 0.3 is 0 Å². The topological polar surface area (TPSA) is 0 Å². The molecule has 0 heteroatoms. The second-order valence-corrected chi connectivity index (χ2v) is 13.5. The SMILES string of the molecule is CC1=C(/C=C/C(C)=C\C#C/C(C)=C/C#CCC(C)CC#CC(C)/C=C/C2=C(C)CCCC2(C)C)C(C)(C)CCC1. The van der Waals surface area contributed by atoms with Crippen molar-refractivity contribution in [3.8, 4) is 35.5 Å². The largest absolute Gasteiger partial charge is 0.102 e. The van der Waals surface area contributed by atoms with Gasteiger partial charge in [-0.1, -0.05) is 99.7 Å². The third kappa shape index (κ3) is 11.3. The van der Waals surface area contributed by atoms with Crippen molar-refractivity contribution < 1.29 is 0 Å². The molecule has 0 saturated carbocycles. The first-order chi connectivity index (χ1) is 18.8. The molecule has 0 saturated heterocycles. The van der Waals surface area contributed by atoms with Crippen molar-refractivity contribution >= 4 is 0 Å². The fourth-order valence-electron chi connectivity index (χ4n) is 5.73. The minimum absolute atomic E-state index is 0.270. The third-order valence-corrected chi connectivity index (χ3v) is 8.34. The van der Waals surface area contributed by atoms with E-state index in [1.807, 2.05) is 19.1 Å². The van der Waals surface area contributed by atoms with Gasteiger partial charge < -0.3 is 0 Å². The van der Waals surface area contributed by atoms with E-state index in [1.165, 1.54) is 60.8 Å². The molecule has 0 aliphatic heterocycles. The van der Waals surface area contributed by atoms with Crippen molar-refractivity contribution in [3.63, 3.8) is 0 Å². The van der Waals surface area contributed by atoms with E-state index in [9.17, 15) is 0 Å². The molecule has 0 aromatic rings. The smallest absolute Gasteiger partial charge is 0.0357 e. The molecular formula is C40H54. The summed E-state index contributed by atoms with van der Waals surface area (Å²) >= 11 is 0. The monoisotopic (exact) mass is 534 g/mol. The first kappa shape index (κ1) is 33.3. The normalized spacial score (nSPS) is 20.9. The number of hydrogen-bond acceptors (Lipinski definition) is 0. The predicted molar refractivity (Wildman–Crippen MR) is 177 cm³/mol. The maximum absolute atomic E-state index is 3.42. The van der Waals surface area contributed by atoms with Crippen LogP contribution in [-0.4, -0.2) is 0 Å². The van der Waals surface area contributed by atoms with Crippen molar-refractivity contribution in [2.75, 3.05) is 0 Å². The Balaban J connectivity index is 1.83. The summed E-state index contributed by atoms with van der Waals surface area (Å²) in [6.07, 6.45) is 22.4. The fourth-order valence-corrected chi connectivity index (χ4v) is 5.73. The van der Waals surface area contributed by atoms with Crippen LogP contribution in [0.2, 0.25) is 0 Å². The van der Waals surface area contributed by atoms with E-state index in [0.29, 0.717) is 5.92 Å². The van der Waals surface area contributed by atoms with E-state index in [2.05, 4.69) is 122 Å². The highest BCUT2D eigenvalue weighted by atomic mass is 14.3. The van der Waals surface area contributed by atoms with E-state index in [-0.39, 0.29) is 16.7 Å². The number of rotatable bonds is 6. The minimum atomic E-state index is 0.270. The number of hydrogen-bond donors (Lipinski definition) is 0. The van der Waals surface area contributed by atoms with Crippen LogP contribution in [0.4, 0.5) is 0 Å². The molecule has 2 rings (SSSR count). The van der Waals surface area contributed by atoms with Crippen molar-refractivity contribution in [1.29, 1.82) is 0 Å². The molecule has 0 spiro atoms. The maximum atomic E-state index is 3.42. The molecule has 0 heterocycles. The lowest BCUT2D eigenvalue weighted by molar-refractivity contribution is 0.376. The predicted octanol–water partition coefficient (Wildman–Crippen LogP) is 11.1. The van der Waals surface area contributed by atoms with E-state index >= 15 is 0 Å². The van der Waals surface area contributed by atoms with Crippen molar-refractivity contribution in [2.45, 2.75) is 121 Å². The van der Waals surface area contributed by atoms with Gasteiger partial charge in [0, 0.05) is 24.3 Å². The average molecular weight is 535 g/mol. The van der Waals surface area contributed by atoms with Gasteiger partial charge in [0.2, 0.25) is 0 Å². The molecule has 2 unspecified atom stereocenters. The molecule has 0 aromatic heterocycles. The summed E-state index contributed by atoms with van der Waals surface area (Å²) in [5.41, 5.74) is 8.80. The molecule has 0 bridgehead atoms. The van der Waals surface area contributed by atoms with Crippen LogP contribution in [0.25, 0.3) is 0 Å². The van der Waals surface area contributed by atoms with Crippen molar-refractivity contribution in [3.05, 3.63) is 69.9 Å². The first-order valence-electron chi connectivity index (χ1n) is 15.4. The summed E-state index contributed by atoms with van der Waals surface area (Å²) in [6, 6.07) is 0. The Morgan fingerprint density at radius 1 is 0.800 bits per heavy atom. The van der Waals surface area contributed by atoms with Gasteiger partial charge in [-0.15, -0.1) is 5.92 Å². The lowest BCUT2D eigenvalue weighted by Crippen LogP contribution is -2.19. The lowest BCUT2D eigenvalue weighted by Gasteiger charge is -2.33. The quantitative estimate of drug-likeness (QED) is 0.235. The highest BCUT2D eigenvalue weighted by Crippen LogP contribution is 2.41. The van der Waals surface area contributed by atoms with Gasteiger partial charge in [-0.05, 0) is 119 Å². The highest BCUT2D eigenvalue weighted by molar-refractivity contribution is 5.40. The number of allylic oxidation sites excluding steroid dienone is 12. The van der Waals surface area contributed by atoms with Crippen LogP contribution in [0.15, 0.2) is 69.9 Å². The Hall–Kier alpha value is -2.88. The second-order valence-electron chi connectivity index (χ2n) is 13.5. The summed E-state index contributed by atoms with van der Waals surface area (Å²) in [5, 5.41) is 0. The van der Waals surface area contributed by atoms with Crippen LogP contribution in [0, 0.1) is 58.2 Å². The van der Waals surface area contributed by atoms with Crippen LogP contribution >= 0.6 is 0 Å².